The first kappa shape index (κ1) is 16.7. The number of rotatable bonds is 4. The summed E-state index contributed by atoms with van der Waals surface area (Å²) in [6.45, 7) is 2.31. The number of benzene rings is 1. The predicted molar refractivity (Wildman–Crippen MR) is 96.7 cm³/mol. The molecule has 118 valence electrons. The van der Waals surface area contributed by atoms with Crippen LogP contribution in [-0.2, 0) is 19.3 Å². The molecule has 3 N–H and O–H groups in total. The second-order valence-corrected chi connectivity index (χ2v) is 5.21. The molecule has 1 aliphatic carbocycles. The van der Waals surface area contributed by atoms with E-state index >= 15 is 0 Å². The van der Waals surface area contributed by atoms with Gasteiger partial charge >= 0.3 is 0 Å². The number of nitrogens with zero attached hydrogens (tertiary/aromatic N) is 3. The van der Waals surface area contributed by atoms with Crippen molar-refractivity contribution in [2.75, 3.05) is 11.9 Å². The number of aliphatic imine (C=N–C) groups is 1. The van der Waals surface area contributed by atoms with E-state index < -0.39 is 0 Å². The van der Waals surface area contributed by atoms with Gasteiger partial charge in [0.1, 0.15) is 0 Å². The van der Waals surface area contributed by atoms with E-state index in [1.807, 2.05) is 6.07 Å². The molecule has 0 amide bonds. The van der Waals surface area contributed by atoms with Crippen molar-refractivity contribution >= 4 is 35.6 Å². The summed E-state index contributed by atoms with van der Waals surface area (Å²) in [4.78, 5) is 8.40. The van der Waals surface area contributed by atoms with Gasteiger partial charge in [0.05, 0.1) is 6.54 Å². The van der Waals surface area contributed by atoms with E-state index in [-0.39, 0.29) is 24.0 Å². The lowest BCUT2D eigenvalue weighted by Gasteiger charge is -2.07. The molecule has 0 spiro atoms. The fourth-order valence-corrected chi connectivity index (χ4v) is 2.55. The largest absolute Gasteiger partial charge is 0.370 e. The summed E-state index contributed by atoms with van der Waals surface area (Å²) >= 11 is 0. The summed E-state index contributed by atoms with van der Waals surface area (Å²) in [7, 11) is 0. The van der Waals surface area contributed by atoms with Gasteiger partial charge in [-0.25, -0.2) is 0 Å². The van der Waals surface area contributed by atoms with E-state index in [1.54, 1.807) is 6.92 Å². The van der Waals surface area contributed by atoms with Crippen molar-refractivity contribution in [2.45, 2.75) is 32.6 Å². The van der Waals surface area contributed by atoms with Crippen LogP contribution < -0.4 is 11.1 Å². The number of anilines is 1. The quantitative estimate of drug-likeness (QED) is 0.457. The van der Waals surface area contributed by atoms with Crippen molar-refractivity contribution in [2.24, 2.45) is 10.7 Å². The number of aryl methyl sites for hydroxylation is 3. The van der Waals surface area contributed by atoms with Crippen LogP contribution in [0.15, 0.2) is 27.7 Å². The van der Waals surface area contributed by atoms with Gasteiger partial charge in [0.2, 0.25) is 5.89 Å². The molecule has 0 atom stereocenters. The zero-order valence-electron chi connectivity index (χ0n) is 12.5. The van der Waals surface area contributed by atoms with Crippen LogP contribution in [0.1, 0.15) is 29.3 Å². The lowest BCUT2D eigenvalue weighted by Crippen LogP contribution is -2.23. The molecule has 0 saturated carbocycles. The monoisotopic (exact) mass is 413 g/mol. The Balaban J connectivity index is 0.00000176. The minimum Gasteiger partial charge on any atom is -0.370 e. The van der Waals surface area contributed by atoms with E-state index in [0.717, 1.165) is 12.1 Å². The Kier molecular flexibility index (Phi) is 5.76. The Hall–Kier alpha value is -1.64. The normalized spacial score (nSPS) is 13.6. The minimum absolute atomic E-state index is 0. The molecule has 1 aromatic carbocycles. The SMILES string of the molecule is Cc1noc(CCN=C(N)Nc2ccc3c(c2)CCC3)n1.I. The van der Waals surface area contributed by atoms with Crippen LogP contribution in [0.3, 0.4) is 0 Å². The molecule has 6 nitrogen and oxygen atoms in total. The number of hydrogen-bond acceptors (Lipinski definition) is 4. The summed E-state index contributed by atoms with van der Waals surface area (Å²) in [6, 6.07) is 6.37. The molecule has 0 bridgehead atoms. The van der Waals surface area contributed by atoms with Crippen molar-refractivity contribution in [1.82, 2.24) is 10.1 Å². The first-order valence-electron chi connectivity index (χ1n) is 7.18. The Morgan fingerprint density at radius 3 is 2.95 bits per heavy atom. The fourth-order valence-electron chi connectivity index (χ4n) is 2.55. The molecule has 22 heavy (non-hydrogen) atoms. The van der Waals surface area contributed by atoms with E-state index in [9.17, 15) is 0 Å². The molecule has 7 heteroatoms. The van der Waals surface area contributed by atoms with E-state index in [4.69, 9.17) is 10.3 Å². The summed E-state index contributed by atoms with van der Waals surface area (Å²) in [5, 5.41) is 6.86. The summed E-state index contributed by atoms with van der Waals surface area (Å²) in [5.74, 6) is 1.63. The molecule has 3 rings (SSSR count). The molecule has 2 aromatic rings. The van der Waals surface area contributed by atoms with Gasteiger partial charge in [0.25, 0.3) is 0 Å². The third-order valence-electron chi connectivity index (χ3n) is 3.55. The summed E-state index contributed by atoms with van der Waals surface area (Å²) < 4.78 is 5.02. The van der Waals surface area contributed by atoms with Crippen LogP contribution in [0.4, 0.5) is 5.69 Å². The molecule has 0 unspecified atom stereocenters. The molecule has 0 fully saturated rings. The van der Waals surface area contributed by atoms with Crippen LogP contribution >= 0.6 is 24.0 Å². The van der Waals surface area contributed by atoms with Crippen LogP contribution in [0.5, 0.6) is 0 Å². The molecular weight excluding hydrogens is 393 g/mol. The first-order chi connectivity index (χ1) is 10.2. The highest BCUT2D eigenvalue weighted by Crippen LogP contribution is 2.24. The van der Waals surface area contributed by atoms with Crippen LogP contribution in [0.25, 0.3) is 0 Å². The van der Waals surface area contributed by atoms with Crippen molar-refractivity contribution in [3.63, 3.8) is 0 Å². The Labute approximate surface area is 146 Å². The fraction of sp³-hybridized carbons (Fsp3) is 0.400. The zero-order valence-corrected chi connectivity index (χ0v) is 14.8. The summed E-state index contributed by atoms with van der Waals surface area (Å²) in [6.07, 6.45) is 4.17. The third kappa shape index (κ3) is 4.19. The number of halogens is 1. The van der Waals surface area contributed by atoms with Gasteiger partial charge in [-0.2, -0.15) is 4.98 Å². The van der Waals surface area contributed by atoms with Gasteiger partial charge in [0.15, 0.2) is 11.8 Å². The van der Waals surface area contributed by atoms with Crippen LogP contribution in [-0.4, -0.2) is 22.6 Å². The number of nitrogens with two attached hydrogens (primary N) is 1. The lowest BCUT2D eigenvalue weighted by atomic mass is 10.1. The average Bonchev–Trinajstić information content (AvgIpc) is 3.07. The summed E-state index contributed by atoms with van der Waals surface area (Å²) in [5.41, 5.74) is 9.74. The van der Waals surface area contributed by atoms with Crippen molar-refractivity contribution in [3.05, 3.63) is 41.0 Å². The minimum atomic E-state index is 0. The molecular formula is C15H20IN5O. The number of aromatic nitrogens is 2. The maximum Gasteiger partial charge on any atom is 0.228 e. The van der Waals surface area contributed by atoms with Gasteiger partial charge in [-0.1, -0.05) is 11.2 Å². The highest BCUT2D eigenvalue weighted by molar-refractivity contribution is 14.0. The van der Waals surface area contributed by atoms with Gasteiger partial charge in [0, 0.05) is 12.1 Å². The Bertz CT molecular complexity index is 668. The second kappa shape index (κ2) is 7.57. The Morgan fingerprint density at radius 1 is 1.36 bits per heavy atom. The molecule has 1 heterocycles. The van der Waals surface area contributed by atoms with Crippen LogP contribution in [0, 0.1) is 6.92 Å². The smallest absolute Gasteiger partial charge is 0.228 e. The van der Waals surface area contributed by atoms with E-state index in [1.165, 1.54) is 24.0 Å². The highest BCUT2D eigenvalue weighted by Gasteiger charge is 2.10. The van der Waals surface area contributed by atoms with Crippen molar-refractivity contribution < 1.29 is 4.52 Å². The van der Waals surface area contributed by atoms with E-state index in [2.05, 4.69) is 32.6 Å². The van der Waals surface area contributed by atoms with E-state index in [0.29, 0.717) is 30.6 Å². The second-order valence-electron chi connectivity index (χ2n) is 5.21. The maximum absolute atomic E-state index is 5.89. The molecule has 0 radical (unpaired) electrons. The topological polar surface area (TPSA) is 89.3 Å². The van der Waals surface area contributed by atoms with Gasteiger partial charge in [-0.15, -0.1) is 24.0 Å². The predicted octanol–water partition coefficient (Wildman–Crippen LogP) is 2.45. The Morgan fingerprint density at radius 2 is 2.18 bits per heavy atom. The van der Waals surface area contributed by atoms with Gasteiger partial charge < -0.3 is 15.6 Å². The highest BCUT2D eigenvalue weighted by atomic mass is 127. The van der Waals surface area contributed by atoms with Crippen LogP contribution in [0.2, 0.25) is 0 Å². The molecule has 0 saturated heterocycles. The number of hydrogen-bond donors (Lipinski definition) is 2. The molecule has 1 aromatic heterocycles. The van der Waals surface area contributed by atoms with Gasteiger partial charge in [-0.3, -0.25) is 4.99 Å². The number of nitrogens with one attached hydrogen (secondary N) is 1. The van der Waals surface area contributed by atoms with Crippen molar-refractivity contribution in [3.8, 4) is 0 Å². The van der Waals surface area contributed by atoms with Crippen molar-refractivity contribution in [1.29, 1.82) is 0 Å². The molecule has 0 aliphatic heterocycles. The first-order valence-corrected chi connectivity index (χ1v) is 7.18. The average molecular weight is 413 g/mol. The maximum atomic E-state index is 5.89. The standard InChI is InChI=1S/C15H19N5O.HI/c1-10-18-14(21-20-10)7-8-17-15(16)19-13-6-5-11-3-2-4-12(11)9-13;/h5-6,9H,2-4,7-8H2,1H3,(H3,16,17,19);1H. The number of guanidine groups is 1. The van der Waals surface area contributed by atoms with Gasteiger partial charge in [-0.05, 0) is 49.4 Å². The number of fused-ring (bicyclic) bond motifs is 1. The lowest BCUT2D eigenvalue weighted by molar-refractivity contribution is 0.376. The zero-order chi connectivity index (χ0) is 14.7. The third-order valence-corrected chi connectivity index (χ3v) is 3.55. The molecule has 1 aliphatic rings.